The molecule has 0 saturated carbocycles. The highest BCUT2D eigenvalue weighted by molar-refractivity contribution is 5.90. The predicted octanol–water partition coefficient (Wildman–Crippen LogP) is 4.95. The Hall–Kier alpha value is -3.72. The summed E-state index contributed by atoms with van der Waals surface area (Å²) in [6.45, 7) is 0.265. The van der Waals surface area contributed by atoms with E-state index in [0.717, 1.165) is 27.9 Å². The third-order valence-electron chi connectivity index (χ3n) is 4.57. The first kappa shape index (κ1) is 17.7. The molecule has 0 aliphatic rings. The van der Waals surface area contributed by atoms with Crippen molar-refractivity contribution >= 4 is 11.6 Å². The number of benzene rings is 3. The fourth-order valence-corrected chi connectivity index (χ4v) is 3.16. The van der Waals surface area contributed by atoms with Crippen LogP contribution >= 0.6 is 0 Å². The van der Waals surface area contributed by atoms with Gasteiger partial charge < -0.3 is 5.32 Å². The van der Waals surface area contributed by atoms with Crippen molar-refractivity contribution in [3.63, 3.8) is 0 Å². The number of carbonyl (C=O) groups is 1. The molecule has 0 spiro atoms. The number of aromatic nitrogens is 1. The minimum Gasteiger partial charge on any atom is -0.321 e. The molecule has 0 saturated heterocycles. The summed E-state index contributed by atoms with van der Waals surface area (Å²) in [6, 6.07) is 32.3. The van der Waals surface area contributed by atoms with Crippen LogP contribution in [0.25, 0.3) is 22.3 Å². The fourth-order valence-electron chi connectivity index (χ4n) is 3.16. The normalized spacial score (nSPS) is 10.4. The van der Waals surface area contributed by atoms with Crippen LogP contribution in [0.3, 0.4) is 0 Å². The molecule has 3 aromatic carbocycles. The van der Waals surface area contributed by atoms with Gasteiger partial charge >= 0.3 is 0 Å². The first-order chi connectivity index (χ1) is 13.8. The number of amides is 1. The monoisotopic (exact) mass is 365 g/mol. The van der Waals surface area contributed by atoms with E-state index in [-0.39, 0.29) is 12.5 Å². The molecule has 4 aromatic rings. The van der Waals surface area contributed by atoms with Gasteiger partial charge in [0.1, 0.15) is 0 Å². The van der Waals surface area contributed by atoms with Gasteiger partial charge in [-0.25, -0.2) is 0 Å². The summed E-state index contributed by atoms with van der Waals surface area (Å²) in [7, 11) is 0. The van der Waals surface area contributed by atoms with Gasteiger partial charge in [0.15, 0.2) is 12.4 Å². The summed E-state index contributed by atoms with van der Waals surface area (Å²) < 4.78 is 1.90. The largest absolute Gasteiger partial charge is 0.321 e. The molecule has 0 bridgehead atoms. The molecular weight excluding hydrogens is 344 g/mol. The van der Waals surface area contributed by atoms with Gasteiger partial charge in [0.05, 0.1) is 0 Å². The standard InChI is InChI=1S/C25H20N2O/c28-25(19-27-17-7-12-23(18-27)21-10-5-2-6-11-21)26-24-15-13-22(14-16-24)20-8-3-1-4-9-20/h1-18H,19H2/p+1. The summed E-state index contributed by atoms with van der Waals surface area (Å²) in [6.07, 6.45) is 3.90. The Morgan fingerprint density at radius 2 is 1.18 bits per heavy atom. The first-order valence-corrected chi connectivity index (χ1v) is 9.28. The molecule has 4 rings (SSSR count). The molecule has 136 valence electrons. The molecular formula is C25H21N2O+. The quantitative estimate of drug-likeness (QED) is 0.499. The van der Waals surface area contributed by atoms with Crippen LogP contribution in [0.2, 0.25) is 0 Å². The lowest BCUT2D eigenvalue weighted by Gasteiger charge is -2.06. The topological polar surface area (TPSA) is 33.0 Å². The van der Waals surface area contributed by atoms with Crippen LogP contribution in [0.1, 0.15) is 0 Å². The Labute approximate surface area is 164 Å². The summed E-state index contributed by atoms with van der Waals surface area (Å²) in [5.74, 6) is -0.0531. The Bertz CT molecular complexity index is 1060. The van der Waals surface area contributed by atoms with Crippen molar-refractivity contribution in [2.24, 2.45) is 0 Å². The van der Waals surface area contributed by atoms with Crippen molar-refractivity contribution in [1.29, 1.82) is 0 Å². The van der Waals surface area contributed by atoms with E-state index in [1.54, 1.807) is 0 Å². The van der Waals surface area contributed by atoms with E-state index in [9.17, 15) is 4.79 Å². The van der Waals surface area contributed by atoms with Gasteiger partial charge in [-0.05, 0) is 34.9 Å². The Balaban J connectivity index is 1.42. The highest BCUT2D eigenvalue weighted by Gasteiger charge is 2.11. The van der Waals surface area contributed by atoms with Gasteiger partial charge in [-0.2, -0.15) is 4.57 Å². The minimum absolute atomic E-state index is 0.0531. The van der Waals surface area contributed by atoms with E-state index in [1.807, 2.05) is 89.8 Å². The molecule has 1 amide bonds. The van der Waals surface area contributed by atoms with E-state index in [2.05, 4.69) is 29.6 Å². The highest BCUT2D eigenvalue weighted by Crippen LogP contribution is 2.21. The van der Waals surface area contributed by atoms with Crippen LogP contribution in [0.5, 0.6) is 0 Å². The summed E-state index contributed by atoms with van der Waals surface area (Å²) >= 11 is 0. The number of carbonyl (C=O) groups excluding carboxylic acids is 1. The number of hydrogen-bond donors (Lipinski definition) is 1. The fraction of sp³-hybridized carbons (Fsp3) is 0.0400. The maximum absolute atomic E-state index is 12.5. The molecule has 0 fully saturated rings. The number of hydrogen-bond acceptors (Lipinski definition) is 1. The zero-order valence-electron chi connectivity index (χ0n) is 15.5. The maximum Gasteiger partial charge on any atom is 0.290 e. The molecule has 1 aromatic heterocycles. The SMILES string of the molecule is O=C(C[n+]1cccc(-c2ccccc2)c1)Nc1ccc(-c2ccccc2)cc1. The van der Waals surface area contributed by atoms with E-state index < -0.39 is 0 Å². The lowest BCUT2D eigenvalue weighted by Crippen LogP contribution is -2.39. The summed E-state index contributed by atoms with van der Waals surface area (Å²) in [5.41, 5.74) is 5.30. The van der Waals surface area contributed by atoms with Gasteiger partial charge in [0, 0.05) is 17.3 Å². The molecule has 1 heterocycles. The van der Waals surface area contributed by atoms with Crippen molar-refractivity contribution < 1.29 is 9.36 Å². The van der Waals surface area contributed by atoms with Gasteiger partial charge in [0.25, 0.3) is 5.91 Å². The molecule has 0 unspecified atom stereocenters. The van der Waals surface area contributed by atoms with Crippen molar-refractivity contribution in [1.82, 2.24) is 0 Å². The lowest BCUT2D eigenvalue weighted by atomic mass is 10.1. The molecule has 1 N–H and O–H groups in total. The van der Waals surface area contributed by atoms with Crippen molar-refractivity contribution in [3.05, 3.63) is 109 Å². The van der Waals surface area contributed by atoms with Crippen molar-refractivity contribution in [2.75, 3.05) is 5.32 Å². The summed E-state index contributed by atoms with van der Waals surface area (Å²) in [5, 5.41) is 2.97. The van der Waals surface area contributed by atoms with E-state index in [0.29, 0.717) is 0 Å². The van der Waals surface area contributed by atoms with Gasteiger partial charge in [-0.1, -0.05) is 72.8 Å². The van der Waals surface area contributed by atoms with Crippen molar-refractivity contribution in [3.8, 4) is 22.3 Å². The second kappa shape index (κ2) is 8.31. The Morgan fingerprint density at radius 3 is 1.82 bits per heavy atom. The number of nitrogens with one attached hydrogen (secondary N) is 1. The number of pyridine rings is 1. The zero-order chi connectivity index (χ0) is 19.2. The molecule has 3 nitrogen and oxygen atoms in total. The molecule has 28 heavy (non-hydrogen) atoms. The minimum atomic E-state index is -0.0531. The van der Waals surface area contributed by atoms with Crippen LogP contribution in [-0.2, 0) is 11.3 Å². The first-order valence-electron chi connectivity index (χ1n) is 9.28. The second-order valence-electron chi connectivity index (χ2n) is 6.62. The highest BCUT2D eigenvalue weighted by atomic mass is 16.1. The maximum atomic E-state index is 12.5. The van der Waals surface area contributed by atoms with E-state index >= 15 is 0 Å². The van der Waals surface area contributed by atoms with E-state index in [1.165, 1.54) is 0 Å². The van der Waals surface area contributed by atoms with Gasteiger partial charge in [-0.15, -0.1) is 0 Å². The molecule has 0 aliphatic heterocycles. The van der Waals surface area contributed by atoms with Crippen LogP contribution in [0, 0.1) is 0 Å². The second-order valence-corrected chi connectivity index (χ2v) is 6.62. The molecule has 0 radical (unpaired) electrons. The summed E-state index contributed by atoms with van der Waals surface area (Å²) in [4.78, 5) is 12.5. The van der Waals surface area contributed by atoms with Crippen molar-refractivity contribution in [2.45, 2.75) is 6.54 Å². The van der Waals surface area contributed by atoms with Crippen LogP contribution in [0.15, 0.2) is 109 Å². The van der Waals surface area contributed by atoms with Crippen LogP contribution < -0.4 is 9.88 Å². The average molecular weight is 365 g/mol. The average Bonchev–Trinajstić information content (AvgIpc) is 2.76. The Kier molecular flexibility index (Phi) is 5.25. The third kappa shape index (κ3) is 4.33. The number of anilines is 1. The van der Waals surface area contributed by atoms with Gasteiger partial charge in [0.2, 0.25) is 6.54 Å². The van der Waals surface area contributed by atoms with Gasteiger partial charge in [-0.3, -0.25) is 4.79 Å². The number of rotatable bonds is 5. The lowest BCUT2D eigenvalue weighted by molar-refractivity contribution is -0.683. The molecule has 3 heteroatoms. The number of nitrogens with zero attached hydrogens (tertiary/aromatic N) is 1. The molecule has 0 aliphatic carbocycles. The smallest absolute Gasteiger partial charge is 0.290 e. The van der Waals surface area contributed by atoms with E-state index in [4.69, 9.17) is 0 Å². The van der Waals surface area contributed by atoms with Crippen LogP contribution in [0.4, 0.5) is 5.69 Å². The Morgan fingerprint density at radius 1 is 0.643 bits per heavy atom. The third-order valence-corrected chi connectivity index (χ3v) is 4.57. The molecule has 0 atom stereocenters. The van der Waals surface area contributed by atoms with Crippen LogP contribution in [-0.4, -0.2) is 5.91 Å². The predicted molar refractivity (Wildman–Crippen MR) is 113 cm³/mol. The zero-order valence-corrected chi connectivity index (χ0v) is 15.5.